The third-order valence-corrected chi connectivity index (χ3v) is 9.84. The Bertz CT molecular complexity index is 1150. The minimum Gasteiger partial charge on any atom is -0.743 e. The Kier molecular flexibility index (Phi) is 17.0. The van der Waals surface area contributed by atoms with E-state index in [1.807, 2.05) is 0 Å². The molecule has 3 aromatic rings. The lowest BCUT2D eigenvalue weighted by molar-refractivity contribution is -0.161. The van der Waals surface area contributed by atoms with Gasteiger partial charge in [-0.2, -0.15) is 8.78 Å². The van der Waals surface area contributed by atoms with Crippen molar-refractivity contribution in [1.82, 2.24) is 0 Å². The monoisotopic (exact) mass is 684 g/mol. The van der Waals surface area contributed by atoms with Crippen molar-refractivity contribution >= 4 is 42.9 Å². The minimum atomic E-state index is -6.03. The number of carbonyl (C=O) groups is 1. The Hall–Kier alpha value is -2.27. The molecule has 0 atom stereocenters. The molecule has 0 radical (unpaired) electrons. The van der Waals surface area contributed by atoms with Crippen molar-refractivity contribution in [1.29, 1.82) is 0 Å². The van der Waals surface area contributed by atoms with Gasteiger partial charge in [0.1, 0.15) is 0 Å². The quantitative estimate of drug-likeness (QED) is 0.0467. The molecule has 0 saturated heterocycles. The van der Waals surface area contributed by atoms with Crippen LogP contribution in [-0.2, 0) is 30.5 Å². The van der Waals surface area contributed by atoms with Gasteiger partial charge in [0, 0.05) is 5.33 Å². The van der Waals surface area contributed by atoms with Crippen molar-refractivity contribution in [2.24, 2.45) is 0 Å². The number of hydrogen-bond acceptors (Lipinski definition) is 5. The molecule has 5 nitrogen and oxygen atoms in total. The van der Waals surface area contributed by atoms with Crippen LogP contribution in [0.1, 0.15) is 64.2 Å². The summed E-state index contributed by atoms with van der Waals surface area (Å²) in [5.41, 5.74) is 0. The highest BCUT2D eigenvalue weighted by Crippen LogP contribution is 2.30. The van der Waals surface area contributed by atoms with E-state index in [2.05, 4.69) is 112 Å². The maximum absolute atomic E-state index is 12.8. The molecule has 0 spiro atoms. The Labute approximate surface area is 260 Å². The summed E-state index contributed by atoms with van der Waals surface area (Å²) >= 11 is 3.38. The fourth-order valence-corrected chi connectivity index (χ4v) is 6.80. The maximum Gasteiger partial charge on any atom is 0.428 e. The lowest BCUT2D eigenvalue weighted by Crippen LogP contribution is -2.39. The molecule has 3 rings (SSSR count). The van der Waals surface area contributed by atoms with E-state index in [4.69, 9.17) is 0 Å². The summed E-state index contributed by atoms with van der Waals surface area (Å²) in [6.45, 7) is -0.309. The highest BCUT2D eigenvalue weighted by molar-refractivity contribution is 9.09. The van der Waals surface area contributed by atoms with E-state index in [1.165, 1.54) is 46.8 Å². The maximum atomic E-state index is 12.8. The third kappa shape index (κ3) is 12.9. The van der Waals surface area contributed by atoms with Gasteiger partial charge < -0.3 is 9.29 Å². The molecule has 10 heteroatoms. The zero-order valence-corrected chi connectivity index (χ0v) is 26.9. The van der Waals surface area contributed by atoms with Crippen LogP contribution in [0, 0.1) is 0 Å². The zero-order valence-electron chi connectivity index (χ0n) is 23.6. The van der Waals surface area contributed by atoms with Crippen molar-refractivity contribution in [3.05, 3.63) is 91.0 Å². The summed E-state index contributed by atoms with van der Waals surface area (Å²) < 4.78 is 60.3. The second-order valence-electron chi connectivity index (χ2n) is 9.58. The molecule has 0 aliphatic carbocycles. The van der Waals surface area contributed by atoms with E-state index in [-0.39, 0.29) is 17.5 Å². The second kappa shape index (κ2) is 19.8. The van der Waals surface area contributed by atoms with E-state index in [1.54, 1.807) is 0 Å². The van der Waals surface area contributed by atoms with Crippen LogP contribution >= 0.6 is 15.9 Å². The van der Waals surface area contributed by atoms with Gasteiger partial charge in [0.2, 0.25) is 0 Å². The molecular weight excluding hydrogens is 646 g/mol. The molecule has 42 heavy (non-hydrogen) atoms. The van der Waals surface area contributed by atoms with Gasteiger partial charge in [-0.25, -0.2) is 13.2 Å². The minimum absolute atomic E-state index is 0.0146. The largest absolute Gasteiger partial charge is 0.743 e. The Morgan fingerprint density at radius 1 is 0.667 bits per heavy atom. The summed E-state index contributed by atoms with van der Waals surface area (Å²) in [5, 5.41) is -3.97. The number of carbonyl (C=O) groups excluding carboxylic acids is 1. The van der Waals surface area contributed by atoms with E-state index in [0.29, 0.717) is 12.8 Å². The molecule has 230 valence electrons. The fraction of sp³-hybridized carbons (Fsp3) is 0.406. The van der Waals surface area contributed by atoms with Gasteiger partial charge in [-0.15, -0.1) is 0 Å². The molecule has 0 heterocycles. The number of unbranched alkanes of at least 4 members (excludes halogenated alkanes) is 9. The highest BCUT2D eigenvalue weighted by Gasteiger charge is 2.48. The summed E-state index contributed by atoms with van der Waals surface area (Å²) in [4.78, 5) is 14.9. The van der Waals surface area contributed by atoms with Gasteiger partial charge >= 0.3 is 11.2 Å². The number of benzene rings is 3. The van der Waals surface area contributed by atoms with Crippen LogP contribution in [0.15, 0.2) is 106 Å². The van der Waals surface area contributed by atoms with Crippen molar-refractivity contribution in [3.8, 4) is 0 Å². The van der Waals surface area contributed by atoms with Crippen molar-refractivity contribution < 1.29 is 31.3 Å². The number of hydrogen-bond donors (Lipinski definition) is 0. The first kappa shape index (κ1) is 35.9. The molecule has 0 amide bonds. The smallest absolute Gasteiger partial charge is 0.428 e. The molecule has 0 aromatic heterocycles. The van der Waals surface area contributed by atoms with Crippen LogP contribution in [-0.4, -0.2) is 36.1 Å². The summed E-state index contributed by atoms with van der Waals surface area (Å²) in [5.74, 6) is -2.30. The Morgan fingerprint density at radius 2 is 1.00 bits per heavy atom. The Balaban J connectivity index is 0.000000297. The van der Waals surface area contributed by atoms with Gasteiger partial charge in [0.15, 0.2) is 24.8 Å². The fourth-order valence-electron chi connectivity index (χ4n) is 4.04. The highest BCUT2D eigenvalue weighted by atomic mass is 79.9. The van der Waals surface area contributed by atoms with Gasteiger partial charge in [0.05, 0.1) is 17.5 Å². The van der Waals surface area contributed by atoms with Crippen molar-refractivity contribution in [2.45, 2.75) is 84.1 Å². The zero-order chi connectivity index (χ0) is 30.7. The second-order valence-corrected chi connectivity index (χ2v) is 13.8. The average molecular weight is 686 g/mol. The number of halogens is 3. The molecule has 0 unspecified atom stereocenters. The normalized spacial score (nSPS) is 11.5. The molecule has 3 aromatic carbocycles. The van der Waals surface area contributed by atoms with Gasteiger partial charge in [-0.05, 0) is 49.2 Å². The van der Waals surface area contributed by atoms with Crippen molar-refractivity contribution in [2.75, 3.05) is 11.9 Å². The van der Waals surface area contributed by atoms with Crippen LogP contribution in [0.4, 0.5) is 8.78 Å². The lowest BCUT2D eigenvalue weighted by atomic mass is 10.1. The van der Waals surface area contributed by atoms with E-state index in [0.717, 1.165) is 24.6 Å². The number of esters is 1. The SMILES string of the molecule is O=C(OCCCCCCCCCCCCBr)C(F)(F)S(=O)(=O)[O-].c1ccc([S+](c2ccccc2)c2ccccc2)cc1. The standard InChI is InChI=1S/C18H15S.C14H25BrF2O5S/c1-4-10-16(11-5-1)19(17-12-6-2-7-13-17)18-14-8-3-9-15-18;15-11-9-7-5-3-1-2-4-6-8-10-12-22-13(18)14(16,17)23(19,20)21/h1-15H;1-12H2,(H,19,20,21)/q+1;/p-1. The summed E-state index contributed by atoms with van der Waals surface area (Å²) in [7, 11) is -6.04. The molecule has 0 aliphatic heterocycles. The van der Waals surface area contributed by atoms with Crippen LogP contribution in [0.5, 0.6) is 0 Å². The van der Waals surface area contributed by atoms with E-state index in [9.17, 15) is 26.5 Å². The van der Waals surface area contributed by atoms with Gasteiger partial charge in [-0.3, -0.25) is 0 Å². The molecule has 0 N–H and O–H groups in total. The molecular formula is C32H39BrF2O5S2. The number of rotatable bonds is 17. The average Bonchev–Trinajstić information content (AvgIpc) is 2.99. The first-order valence-electron chi connectivity index (χ1n) is 14.1. The van der Waals surface area contributed by atoms with Crippen LogP contribution in [0.2, 0.25) is 0 Å². The lowest BCUT2D eigenvalue weighted by Gasteiger charge is -2.17. The first-order chi connectivity index (χ1) is 20.2. The predicted octanol–water partition coefficient (Wildman–Crippen LogP) is 8.75. The van der Waals surface area contributed by atoms with Crippen LogP contribution < -0.4 is 0 Å². The summed E-state index contributed by atoms with van der Waals surface area (Å²) in [6, 6.07) is 32.2. The predicted molar refractivity (Wildman–Crippen MR) is 167 cm³/mol. The van der Waals surface area contributed by atoms with Crippen LogP contribution in [0.3, 0.4) is 0 Å². The summed E-state index contributed by atoms with van der Waals surface area (Å²) in [6.07, 6.45) is 10.2. The number of alkyl halides is 3. The van der Waals surface area contributed by atoms with E-state index < -0.39 is 21.3 Å². The van der Waals surface area contributed by atoms with Crippen LogP contribution in [0.25, 0.3) is 0 Å². The molecule has 0 fully saturated rings. The van der Waals surface area contributed by atoms with E-state index >= 15 is 0 Å². The van der Waals surface area contributed by atoms with Gasteiger partial charge in [-0.1, -0.05) is 122 Å². The topological polar surface area (TPSA) is 83.5 Å². The molecule has 0 saturated carbocycles. The third-order valence-electron chi connectivity index (χ3n) is 6.25. The number of ether oxygens (including phenoxy) is 1. The Morgan fingerprint density at radius 3 is 1.33 bits per heavy atom. The van der Waals surface area contributed by atoms with Crippen molar-refractivity contribution in [3.63, 3.8) is 0 Å². The van der Waals surface area contributed by atoms with Gasteiger partial charge in [0.25, 0.3) is 0 Å². The molecule has 0 aliphatic rings. The molecule has 0 bridgehead atoms. The first-order valence-corrected chi connectivity index (χ1v) is 17.9.